The van der Waals surface area contributed by atoms with Crippen molar-refractivity contribution >= 4 is 28.4 Å². The van der Waals surface area contributed by atoms with Gasteiger partial charge < -0.3 is 0 Å². The van der Waals surface area contributed by atoms with Crippen LogP contribution in [0.25, 0.3) is 0 Å². The van der Waals surface area contributed by atoms with E-state index in [1.54, 1.807) is 0 Å². The lowest BCUT2D eigenvalue weighted by atomic mass is 10.1. The first-order chi connectivity index (χ1) is 7.83. The average Bonchev–Trinajstić information content (AvgIpc) is 2.65. The number of rotatable bonds is 3. The molecule has 1 saturated carbocycles. The predicted molar refractivity (Wildman–Crippen MR) is 56.6 cm³/mol. The summed E-state index contributed by atoms with van der Waals surface area (Å²) in [5.41, 5.74) is -0.763. The highest BCUT2D eigenvalue weighted by Crippen LogP contribution is 2.61. The summed E-state index contributed by atoms with van der Waals surface area (Å²) in [5, 5.41) is -2.41. The zero-order valence-corrected chi connectivity index (χ0v) is 10.8. The van der Waals surface area contributed by atoms with Gasteiger partial charge in [-0.25, -0.2) is 0 Å². The molecule has 0 aromatic rings. The molecule has 8 heteroatoms. The molecular formula is C10H9Cl2F5O. The molecule has 0 amide bonds. The molecule has 1 fully saturated rings. The van der Waals surface area contributed by atoms with Crippen molar-refractivity contribution in [3.05, 3.63) is 11.1 Å². The van der Waals surface area contributed by atoms with Crippen LogP contribution in [-0.4, -0.2) is 17.3 Å². The molecule has 0 saturated heterocycles. The van der Waals surface area contributed by atoms with Gasteiger partial charge in [-0.15, -0.1) is 0 Å². The maximum absolute atomic E-state index is 12.8. The van der Waals surface area contributed by atoms with Crippen molar-refractivity contribution in [3.63, 3.8) is 0 Å². The minimum absolute atomic E-state index is 0.569. The fourth-order valence-electron chi connectivity index (χ4n) is 1.82. The van der Waals surface area contributed by atoms with Gasteiger partial charge in [-0.05, 0) is 22.9 Å². The summed E-state index contributed by atoms with van der Waals surface area (Å²) in [7, 11) is 0. The van der Waals surface area contributed by atoms with E-state index in [2.05, 4.69) is 0 Å². The molecule has 0 bridgehead atoms. The third kappa shape index (κ3) is 2.50. The van der Waals surface area contributed by atoms with E-state index in [9.17, 15) is 26.7 Å². The van der Waals surface area contributed by atoms with Crippen LogP contribution in [0.5, 0.6) is 0 Å². The van der Waals surface area contributed by atoms with Crippen LogP contribution in [0.1, 0.15) is 13.8 Å². The molecule has 2 atom stereocenters. The number of carbonyl (C=O) groups is 1. The number of allylic oxidation sites excluding steroid dienone is 2. The Hall–Kier alpha value is -0.360. The van der Waals surface area contributed by atoms with Crippen LogP contribution >= 0.6 is 23.2 Å². The predicted octanol–water partition coefficient (Wildman–Crippen LogP) is 4.34. The summed E-state index contributed by atoms with van der Waals surface area (Å²) in [4.78, 5) is 10.9. The van der Waals surface area contributed by atoms with Gasteiger partial charge in [-0.2, -0.15) is 22.0 Å². The number of carbonyl (C=O) groups excluding carboxylic acids is 1. The second kappa shape index (κ2) is 4.34. The molecule has 0 aromatic heterocycles. The molecule has 1 aliphatic carbocycles. The SMILES string of the molecule is CC1(C)C(C=C(Cl)C(F)(F)C(F)(F)F)C1C(=O)Cl. The topological polar surface area (TPSA) is 17.1 Å². The summed E-state index contributed by atoms with van der Waals surface area (Å²) in [6, 6.07) is 0. The highest BCUT2D eigenvalue weighted by Gasteiger charge is 2.64. The van der Waals surface area contributed by atoms with Gasteiger partial charge in [0, 0.05) is 5.92 Å². The first-order valence-electron chi connectivity index (χ1n) is 4.85. The van der Waals surface area contributed by atoms with Gasteiger partial charge in [0.1, 0.15) is 0 Å². The first-order valence-corrected chi connectivity index (χ1v) is 5.60. The van der Waals surface area contributed by atoms with Gasteiger partial charge in [-0.3, -0.25) is 4.79 Å². The van der Waals surface area contributed by atoms with Crippen molar-refractivity contribution in [1.82, 2.24) is 0 Å². The van der Waals surface area contributed by atoms with Gasteiger partial charge in [0.2, 0.25) is 5.24 Å². The second-order valence-electron chi connectivity index (χ2n) is 4.72. The van der Waals surface area contributed by atoms with E-state index >= 15 is 0 Å². The number of halogens is 7. The van der Waals surface area contributed by atoms with E-state index < -0.39 is 39.6 Å². The molecule has 0 spiro atoms. The molecule has 0 aliphatic heterocycles. The Morgan fingerprint density at radius 2 is 1.61 bits per heavy atom. The molecule has 0 aromatic carbocycles. The van der Waals surface area contributed by atoms with Crippen LogP contribution in [0.15, 0.2) is 11.1 Å². The third-order valence-corrected chi connectivity index (χ3v) is 3.74. The summed E-state index contributed by atoms with van der Waals surface area (Å²) in [5.74, 6) is -6.73. The quantitative estimate of drug-likeness (QED) is 0.559. The van der Waals surface area contributed by atoms with Crippen LogP contribution in [0.3, 0.4) is 0 Å². The van der Waals surface area contributed by atoms with Crippen LogP contribution in [0.4, 0.5) is 22.0 Å². The van der Waals surface area contributed by atoms with E-state index in [4.69, 9.17) is 23.2 Å². The zero-order valence-electron chi connectivity index (χ0n) is 9.29. The molecule has 2 unspecified atom stereocenters. The van der Waals surface area contributed by atoms with Crippen molar-refractivity contribution in [1.29, 1.82) is 0 Å². The van der Waals surface area contributed by atoms with Crippen LogP contribution in [-0.2, 0) is 4.79 Å². The lowest BCUT2D eigenvalue weighted by molar-refractivity contribution is -0.261. The maximum atomic E-state index is 12.8. The Morgan fingerprint density at radius 3 is 1.89 bits per heavy atom. The third-order valence-electron chi connectivity index (χ3n) is 3.14. The van der Waals surface area contributed by atoms with Crippen LogP contribution in [0.2, 0.25) is 0 Å². The number of hydrogen-bond acceptors (Lipinski definition) is 1. The average molecular weight is 311 g/mol. The Balaban J connectivity index is 2.97. The highest BCUT2D eigenvalue weighted by atomic mass is 35.5. The Kier molecular flexibility index (Phi) is 3.78. The largest absolute Gasteiger partial charge is 0.459 e. The van der Waals surface area contributed by atoms with E-state index in [0.29, 0.717) is 6.08 Å². The van der Waals surface area contributed by atoms with Crippen molar-refractivity contribution in [2.75, 3.05) is 0 Å². The molecule has 0 heterocycles. The summed E-state index contributed by atoms with van der Waals surface area (Å²) in [6.07, 6.45) is -5.19. The Bertz CT molecular complexity index is 400. The lowest BCUT2D eigenvalue weighted by Gasteiger charge is -2.18. The normalized spacial score (nSPS) is 28.2. The van der Waals surface area contributed by atoms with Gasteiger partial charge >= 0.3 is 12.1 Å². The molecule has 1 aliphatic rings. The van der Waals surface area contributed by atoms with E-state index in [1.807, 2.05) is 0 Å². The summed E-state index contributed by atoms with van der Waals surface area (Å²) in [6.45, 7) is 3.07. The van der Waals surface area contributed by atoms with E-state index in [1.165, 1.54) is 13.8 Å². The molecule has 1 rings (SSSR count). The Morgan fingerprint density at radius 1 is 1.17 bits per heavy atom. The van der Waals surface area contributed by atoms with E-state index in [0.717, 1.165) is 0 Å². The second-order valence-corrected chi connectivity index (χ2v) is 5.50. The standard InChI is InChI=1S/C10H9Cl2F5O/c1-8(2)4(6(8)7(12)18)3-5(11)9(13,14)10(15,16)17/h3-4,6H,1-2H3. The van der Waals surface area contributed by atoms with Crippen LogP contribution < -0.4 is 0 Å². The Labute approximate surface area is 110 Å². The fourth-order valence-corrected chi connectivity index (χ4v) is 2.48. The van der Waals surface area contributed by atoms with Crippen LogP contribution in [0, 0.1) is 17.3 Å². The lowest BCUT2D eigenvalue weighted by Crippen LogP contribution is -2.36. The maximum Gasteiger partial charge on any atom is 0.459 e. The number of hydrogen-bond donors (Lipinski definition) is 0. The van der Waals surface area contributed by atoms with Crippen molar-refractivity contribution in [2.45, 2.75) is 25.9 Å². The van der Waals surface area contributed by atoms with Gasteiger partial charge in [0.15, 0.2) is 0 Å². The molecule has 104 valence electrons. The van der Waals surface area contributed by atoms with E-state index in [-0.39, 0.29) is 0 Å². The monoisotopic (exact) mass is 310 g/mol. The van der Waals surface area contributed by atoms with Crippen molar-refractivity contribution in [2.24, 2.45) is 17.3 Å². The molecule has 18 heavy (non-hydrogen) atoms. The molecular weight excluding hydrogens is 302 g/mol. The van der Waals surface area contributed by atoms with Gasteiger partial charge in [0.05, 0.1) is 5.03 Å². The van der Waals surface area contributed by atoms with Gasteiger partial charge in [-0.1, -0.05) is 31.5 Å². The molecule has 0 N–H and O–H groups in total. The zero-order chi connectivity index (χ0) is 14.5. The minimum Gasteiger partial charge on any atom is -0.281 e. The van der Waals surface area contributed by atoms with Crippen molar-refractivity contribution < 1.29 is 26.7 Å². The highest BCUT2D eigenvalue weighted by molar-refractivity contribution is 6.64. The smallest absolute Gasteiger partial charge is 0.281 e. The van der Waals surface area contributed by atoms with Gasteiger partial charge in [0.25, 0.3) is 0 Å². The number of alkyl halides is 5. The first kappa shape index (κ1) is 15.7. The fraction of sp³-hybridized carbons (Fsp3) is 0.700. The summed E-state index contributed by atoms with van der Waals surface area (Å²) < 4.78 is 61.8. The van der Waals surface area contributed by atoms with Crippen molar-refractivity contribution in [3.8, 4) is 0 Å². The molecule has 0 radical (unpaired) electrons. The minimum atomic E-state index is -5.76. The summed E-state index contributed by atoms with van der Waals surface area (Å²) >= 11 is 10.2. The molecule has 1 nitrogen and oxygen atoms in total.